The van der Waals surface area contributed by atoms with E-state index < -0.39 is 11.5 Å². The molecule has 0 aliphatic carbocycles. The molecule has 4 rings (SSSR count). The molecular formula is C21H20ClFN2O3. The van der Waals surface area contributed by atoms with Crippen LogP contribution in [0.2, 0.25) is 5.02 Å². The maximum Gasteiger partial charge on any atom is 0.256 e. The normalized spacial score (nSPS) is 17.2. The van der Waals surface area contributed by atoms with Crippen molar-refractivity contribution in [1.29, 1.82) is 0 Å². The fourth-order valence-electron chi connectivity index (χ4n) is 3.49. The molecule has 0 bridgehead atoms. The molecule has 1 aliphatic rings. The van der Waals surface area contributed by atoms with Gasteiger partial charge in [-0.15, -0.1) is 10.2 Å². The first kappa shape index (κ1) is 18.9. The van der Waals surface area contributed by atoms with Crippen molar-refractivity contribution in [2.24, 2.45) is 0 Å². The predicted molar refractivity (Wildman–Crippen MR) is 102 cm³/mol. The molecule has 2 heterocycles. The number of benzene rings is 2. The highest BCUT2D eigenvalue weighted by molar-refractivity contribution is 6.30. The minimum Gasteiger partial charge on any atom is -0.481 e. The number of nitrogens with zero attached hydrogens (tertiary/aromatic N) is 2. The van der Waals surface area contributed by atoms with Gasteiger partial charge in [0.25, 0.3) is 5.89 Å². The monoisotopic (exact) mass is 402 g/mol. The second kappa shape index (κ2) is 7.89. The van der Waals surface area contributed by atoms with Gasteiger partial charge in [-0.1, -0.05) is 23.7 Å². The summed E-state index contributed by atoms with van der Waals surface area (Å²) in [5, 5.41) is 9.21. The van der Waals surface area contributed by atoms with Crippen molar-refractivity contribution in [3.63, 3.8) is 0 Å². The third kappa shape index (κ3) is 3.75. The molecule has 3 aromatic rings. The Morgan fingerprint density at radius 3 is 2.57 bits per heavy atom. The summed E-state index contributed by atoms with van der Waals surface area (Å²) in [7, 11) is 0. The third-order valence-corrected chi connectivity index (χ3v) is 5.28. The highest BCUT2D eigenvalue weighted by Crippen LogP contribution is 2.41. The van der Waals surface area contributed by atoms with Crippen LogP contribution in [0, 0.1) is 5.82 Å². The van der Waals surface area contributed by atoms with Crippen molar-refractivity contribution in [2.45, 2.75) is 31.3 Å². The Hall–Kier alpha value is -2.44. The highest BCUT2D eigenvalue weighted by atomic mass is 35.5. The molecule has 146 valence electrons. The summed E-state index contributed by atoms with van der Waals surface area (Å²) in [6.45, 7) is 3.02. The van der Waals surface area contributed by atoms with Crippen LogP contribution in [0.1, 0.15) is 43.2 Å². The molecule has 0 amide bonds. The first-order valence-electron chi connectivity index (χ1n) is 9.17. The first-order chi connectivity index (χ1) is 13.6. The molecular weight excluding hydrogens is 383 g/mol. The van der Waals surface area contributed by atoms with Gasteiger partial charge in [0, 0.05) is 18.2 Å². The Balaban J connectivity index is 1.62. The maximum absolute atomic E-state index is 13.1. The van der Waals surface area contributed by atoms with E-state index in [2.05, 4.69) is 10.2 Å². The zero-order chi connectivity index (χ0) is 19.6. The summed E-state index contributed by atoms with van der Waals surface area (Å²) in [5.41, 5.74) is 0.592. The Morgan fingerprint density at radius 2 is 1.86 bits per heavy atom. The van der Waals surface area contributed by atoms with Crippen LogP contribution < -0.4 is 4.74 Å². The number of halogens is 2. The molecule has 0 saturated carbocycles. The fourth-order valence-corrected chi connectivity index (χ4v) is 3.68. The lowest BCUT2D eigenvalue weighted by Crippen LogP contribution is -2.35. The second-order valence-electron chi connectivity index (χ2n) is 6.86. The van der Waals surface area contributed by atoms with Crippen LogP contribution in [-0.4, -0.2) is 23.4 Å². The van der Waals surface area contributed by atoms with Crippen LogP contribution in [0.5, 0.6) is 5.75 Å². The number of rotatable bonds is 5. The lowest BCUT2D eigenvalue weighted by molar-refractivity contribution is 0.0530. The smallest absolute Gasteiger partial charge is 0.256 e. The number of hydrogen-bond acceptors (Lipinski definition) is 5. The Morgan fingerprint density at radius 1 is 1.11 bits per heavy atom. The summed E-state index contributed by atoms with van der Waals surface area (Å²) in [6, 6.07) is 13.6. The molecule has 0 unspecified atom stereocenters. The predicted octanol–water partition coefficient (Wildman–Crippen LogP) is 5.10. The Kier molecular flexibility index (Phi) is 5.33. The van der Waals surface area contributed by atoms with Crippen molar-refractivity contribution in [3.8, 4) is 5.75 Å². The summed E-state index contributed by atoms with van der Waals surface area (Å²) in [4.78, 5) is 0. The van der Waals surface area contributed by atoms with Crippen LogP contribution in [0.4, 0.5) is 4.39 Å². The highest BCUT2D eigenvalue weighted by Gasteiger charge is 2.41. The minimum absolute atomic E-state index is 0.317. The quantitative estimate of drug-likeness (QED) is 0.594. The van der Waals surface area contributed by atoms with Gasteiger partial charge in [0.2, 0.25) is 5.89 Å². The molecule has 5 nitrogen and oxygen atoms in total. The number of ether oxygens (including phenoxy) is 2. The third-order valence-electron chi connectivity index (χ3n) is 5.05. The summed E-state index contributed by atoms with van der Waals surface area (Å²) in [5.74, 6) is 1.11. The summed E-state index contributed by atoms with van der Waals surface area (Å²) >= 11 is 6.23. The fraction of sp³-hybridized carbons (Fsp3) is 0.333. The van der Waals surface area contributed by atoms with Crippen LogP contribution in [-0.2, 0) is 10.2 Å². The standard InChI is InChI=1S/C21H20ClFN2O3/c1-14(27-18-7-5-17(23)6-8-18)19-24-25-20(28-19)21(9-11-26-12-10-21)15-3-2-4-16(22)13-15/h2-8,13-14H,9-12H2,1H3/t14-/m1/s1. The molecule has 0 radical (unpaired) electrons. The van der Waals surface area contributed by atoms with Crippen molar-refractivity contribution >= 4 is 11.6 Å². The largest absolute Gasteiger partial charge is 0.481 e. The average Bonchev–Trinajstić information content (AvgIpc) is 3.21. The van der Waals surface area contributed by atoms with E-state index in [1.807, 2.05) is 31.2 Å². The van der Waals surface area contributed by atoms with Crippen LogP contribution >= 0.6 is 11.6 Å². The van der Waals surface area contributed by atoms with Crippen LogP contribution in [0.15, 0.2) is 52.9 Å². The van der Waals surface area contributed by atoms with Gasteiger partial charge in [0.15, 0.2) is 6.10 Å². The average molecular weight is 403 g/mol. The molecule has 2 aromatic carbocycles. The van der Waals surface area contributed by atoms with Gasteiger partial charge in [0.1, 0.15) is 11.6 Å². The Labute approximate surface area is 167 Å². The summed E-state index contributed by atoms with van der Waals surface area (Å²) < 4.78 is 30.5. The Bertz CT molecular complexity index is 939. The van der Waals surface area contributed by atoms with Crippen LogP contribution in [0.3, 0.4) is 0 Å². The summed E-state index contributed by atoms with van der Waals surface area (Å²) in [6.07, 6.45) is 0.979. The minimum atomic E-state index is -0.469. The van der Waals surface area contributed by atoms with E-state index in [0.29, 0.717) is 35.8 Å². The van der Waals surface area contributed by atoms with E-state index in [9.17, 15) is 4.39 Å². The van der Waals surface area contributed by atoms with Gasteiger partial charge in [-0.25, -0.2) is 4.39 Å². The van der Waals surface area contributed by atoms with Crippen molar-refractivity contribution in [3.05, 3.63) is 76.7 Å². The molecule has 28 heavy (non-hydrogen) atoms. The number of hydrogen-bond donors (Lipinski definition) is 0. The van der Waals surface area contributed by atoms with E-state index in [1.54, 1.807) is 12.1 Å². The van der Waals surface area contributed by atoms with E-state index >= 15 is 0 Å². The molecule has 1 aliphatic heterocycles. The SMILES string of the molecule is C[C@@H](Oc1ccc(F)cc1)c1nnc(C2(c3cccc(Cl)c3)CCOCC2)o1. The van der Waals surface area contributed by atoms with Gasteiger partial charge < -0.3 is 13.9 Å². The molecule has 1 atom stereocenters. The molecule has 0 spiro atoms. The molecule has 1 saturated heterocycles. The van der Waals surface area contributed by atoms with E-state index in [0.717, 1.165) is 18.4 Å². The van der Waals surface area contributed by atoms with Crippen molar-refractivity contribution in [1.82, 2.24) is 10.2 Å². The van der Waals surface area contributed by atoms with E-state index in [1.165, 1.54) is 12.1 Å². The van der Waals surface area contributed by atoms with Crippen LogP contribution in [0.25, 0.3) is 0 Å². The zero-order valence-electron chi connectivity index (χ0n) is 15.4. The van der Waals surface area contributed by atoms with Gasteiger partial charge in [-0.2, -0.15) is 0 Å². The van der Waals surface area contributed by atoms with Gasteiger partial charge >= 0.3 is 0 Å². The maximum atomic E-state index is 13.1. The van der Waals surface area contributed by atoms with Gasteiger partial charge in [0.05, 0.1) is 5.41 Å². The topological polar surface area (TPSA) is 57.4 Å². The zero-order valence-corrected chi connectivity index (χ0v) is 16.2. The molecule has 1 fully saturated rings. The molecule has 0 N–H and O–H groups in total. The second-order valence-corrected chi connectivity index (χ2v) is 7.30. The molecule has 1 aromatic heterocycles. The van der Waals surface area contributed by atoms with Gasteiger partial charge in [-0.05, 0) is 61.7 Å². The molecule has 7 heteroatoms. The van der Waals surface area contributed by atoms with Gasteiger partial charge in [-0.3, -0.25) is 0 Å². The lowest BCUT2D eigenvalue weighted by Gasteiger charge is -2.34. The lowest BCUT2D eigenvalue weighted by atomic mass is 9.74. The first-order valence-corrected chi connectivity index (χ1v) is 9.54. The van der Waals surface area contributed by atoms with Crippen molar-refractivity contribution in [2.75, 3.05) is 13.2 Å². The van der Waals surface area contributed by atoms with Crippen molar-refractivity contribution < 1.29 is 18.3 Å². The number of aromatic nitrogens is 2. The van der Waals surface area contributed by atoms with E-state index in [4.69, 9.17) is 25.5 Å². The van der Waals surface area contributed by atoms with E-state index in [-0.39, 0.29) is 5.82 Å².